The lowest BCUT2D eigenvalue weighted by Gasteiger charge is -2.17. The lowest BCUT2D eigenvalue weighted by atomic mass is 10.2. The monoisotopic (exact) mass is 438 g/mol. The van der Waals surface area contributed by atoms with Gasteiger partial charge in [-0.1, -0.05) is 48.3 Å². The highest BCUT2D eigenvalue weighted by Gasteiger charge is 2.12. The van der Waals surface area contributed by atoms with E-state index in [2.05, 4.69) is 15.6 Å². The van der Waals surface area contributed by atoms with Crippen molar-refractivity contribution in [2.75, 3.05) is 12.5 Å². The quantitative estimate of drug-likeness (QED) is 0.476. The highest BCUT2D eigenvalue weighted by Crippen LogP contribution is 2.32. The van der Waals surface area contributed by atoms with E-state index in [1.54, 1.807) is 23.9 Å². The van der Waals surface area contributed by atoms with E-state index in [-0.39, 0.29) is 0 Å². The average molecular weight is 439 g/mol. The Morgan fingerprint density at radius 2 is 2.04 bits per heavy atom. The molecule has 0 saturated carbocycles. The van der Waals surface area contributed by atoms with E-state index in [4.69, 9.17) is 44.9 Å². The van der Waals surface area contributed by atoms with Gasteiger partial charge in [0.1, 0.15) is 6.61 Å². The topological polar surface area (TPSA) is 64.1 Å². The molecule has 0 spiro atoms. The third-order valence-electron chi connectivity index (χ3n) is 4.13. The van der Waals surface area contributed by atoms with E-state index in [1.807, 2.05) is 31.2 Å². The summed E-state index contributed by atoms with van der Waals surface area (Å²) in [5.74, 6) is 2.12. The van der Waals surface area contributed by atoms with Crippen molar-refractivity contribution in [3.05, 3.63) is 68.2 Å². The van der Waals surface area contributed by atoms with E-state index in [0.29, 0.717) is 39.5 Å². The van der Waals surface area contributed by atoms with E-state index in [1.165, 1.54) is 0 Å². The summed E-state index contributed by atoms with van der Waals surface area (Å²) in [7, 11) is 1.61. The van der Waals surface area contributed by atoms with Gasteiger partial charge in [-0.25, -0.2) is 4.68 Å². The minimum Gasteiger partial charge on any atom is -0.493 e. The number of H-pyrrole nitrogens is 1. The van der Waals surface area contributed by atoms with Crippen LogP contribution in [0.25, 0.3) is 0 Å². The largest absolute Gasteiger partial charge is 0.493 e. The molecule has 0 saturated heterocycles. The number of halogens is 2. The van der Waals surface area contributed by atoms with Crippen molar-refractivity contribution in [2.24, 2.45) is 0 Å². The molecule has 0 aliphatic heterocycles. The number of hydrogen-bond acceptors (Lipinski definition) is 5. The Morgan fingerprint density at radius 3 is 2.75 bits per heavy atom. The second-order valence-corrected chi connectivity index (χ2v) is 7.16. The number of para-hydroxylation sites is 1. The van der Waals surface area contributed by atoms with Crippen LogP contribution in [0.5, 0.6) is 11.5 Å². The molecule has 0 aliphatic rings. The number of nitrogens with one attached hydrogen (secondary N) is 2. The smallest absolute Gasteiger partial charge is 0.214 e. The molecule has 0 amide bonds. The van der Waals surface area contributed by atoms with Crippen LogP contribution >= 0.6 is 35.4 Å². The van der Waals surface area contributed by atoms with E-state index in [0.717, 1.165) is 23.4 Å². The standard InChI is InChI=1S/C19H20Cl2N4O2S/c1-3-17-23-24-19(28)25(17)22-10-13-5-4-6-16(26-2)18(13)27-11-12-7-8-14(20)15(21)9-12/h4-9,22H,3,10-11H2,1-2H3,(H,24,28). The highest BCUT2D eigenvalue weighted by atomic mass is 35.5. The fourth-order valence-electron chi connectivity index (χ4n) is 2.70. The predicted octanol–water partition coefficient (Wildman–Crippen LogP) is 5.14. The Morgan fingerprint density at radius 1 is 1.21 bits per heavy atom. The molecule has 0 radical (unpaired) electrons. The van der Waals surface area contributed by atoms with Crippen molar-refractivity contribution in [2.45, 2.75) is 26.5 Å². The third-order valence-corrected chi connectivity index (χ3v) is 5.15. The van der Waals surface area contributed by atoms with Crippen LogP contribution in [0.15, 0.2) is 36.4 Å². The maximum atomic E-state index is 6.09. The minimum absolute atomic E-state index is 0.329. The molecular weight excluding hydrogens is 419 g/mol. The number of aromatic nitrogens is 3. The van der Waals surface area contributed by atoms with Gasteiger partial charge in [-0.05, 0) is 36.0 Å². The number of rotatable bonds is 8. The summed E-state index contributed by atoms with van der Waals surface area (Å²) < 4.78 is 13.8. The van der Waals surface area contributed by atoms with Gasteiger partial charge in [0.25, 0.3) is 0 Å². The Hall–Kier alpha value is -2.22. The molecule has 3 rings (SSSR count). The van der Waals surface area contributed by atoms with E-state index in [9.17, 15) is 0 Å². The molecule has 9 heteroatoms. The summed E-state index contributed by atoms with van der Waals surface area (Å²) in [6.07, 6.45) is 0.749. The van der Waals surface area contributed by atoms with Gasteiger partial charge in [0.15, 0.2) is 17.3 Å². The van der Waals surface area contributed by atoms with Crippen molar-refractivity contribution in [1.29, 1.82) is 0 Å². The number of methoxy groups -OCH3 is 1. The first kappa shape index (κ1) is 20.5. The molecule has 0 fully saturated rings. The number of hydrogen-bond donors (Lipinski definition) is 2. The van der Waals surface area contributed by atoms with Gasteiger partial charge in [-0.3, -0.25) is 5.10 Å². The van der Waals surface area contributed by atoms with Crippen LogP contribution in [0, 0.1) is 4.77 Å². The first-order valence-electron chi connectivity index (χ1n) is 8.66. The number of aromatic amines is 1. The summed E-state index contributed by atoms with van der Waals surface area (Å²) >= 11 is 17.3. The van der Waals surface area contributed by atoms with Crippen molar-refractivity contribution in [1.82, 2.24) is 14.9 Å². The van der Waals surface area contributed by atoms with Gasteiger partial charge in [-0.15, -0.1) is 0 Å². The third kappa shape index (κ3) is 4.60. The highest BCUT2D eigenvalue weighted by molar-refractivity contribution is 7.71. The van der Waals surface area contributed by atoms with E-state index >= 15 is 0 Å². The van der Waals surface area contributed by atoms with Crippen LogP contribution in [0.2, 0.25) is 10.0 Å². The first-order valence-corrected chi connectivity index (χ1v) is 9.82. The molecule has 28 heavy (non-hydrogen) atoms. The fourth-order valence-corrected chi connectivity index (χ4v) is 3.24. The minimum atomic E-state index is 0.329. The van der Waals surface area contributed by atoms with Crippen molar-refractivity contribution in [3.63, 3.8) is 0 Å². The van der Waals surface area contributed by atoms with Crippen LogP contribution in [0.3, 0.4) is 0 Å². The van der Waals surface area contributed by atoms with Crippen LogP contribution in [-0.4, -0.2) is 22.0 Å². The maximum absolute atomic E-state index is 6.09. The van der Waals surface area contributed by atoms with Gasteiger partial charge in [-0.2, -0.15) is 5.10 Å². The first-order chi connectivity index (χ1) is 13.5. The summed E-state index contributed by atoms with van der Waals surface area (Å²) in [5, 5.41) is 7.99. The van der Waals surface area contributed by atoms with Gasteiger partial charge >= 0.3 is 0 Å². The number of aryl methyl sites for hydroxylation is 1. The van der Waals surface area contributed by atoms with Crippen molar-refractivity contribution in [3.8, 4) is 11.5 Å². The lowest BCUT2D eigenvalue weighted by Crippen LogP contribution is -2.18. The Labute approximate surface area is 178 Å². The van der Waals surface area contributed by atoms with Gasteiger partial charge in [0, 0.05) is 12.0 Å². The molecule has 0 unspecified atom stereocenters. The molecule has 2 N–H and O–H groups in total. The molecule has 1 heterocycles. The summed E-state index contributed by atoms with van der Waals surface area (Å²) in [6, 6.07) is 11.1. The lowest BCUT2D eigenvalue weighted by molar-refractivity contribution is 0.281. The molecule has 0 aliphatic carbocycles. The molecule has 3 aromatic rings. The molecule has 148 valence electrons. The normalized spacial score (nSPS) is 10.7. The summed E-state index contributed by atoms with van der Waals surface area (Å²) in [4.78, 5) is 0. The molecule has 1 aromatic heterocycles. The number of benzene rings is 2. The van der Waals surface area contributed by atoms with Crippen molar-refractivity contribution >= 4 is 35.4 Å². The maximum Gasteiger partial charge on any atom is 0.214 e. The van der Waals surface area contributed by atoms with Crippen molar-refractivity contribution < 1.29 is 9.47 Å². The number of ether oxygens (including phenoxy) is 2. The van der Waals surface area contributed by atoms with E-state index < -0.39 is 0 Å². The van der Waals surface area contributed by atoms with Crippen LogP contribution in [-0.2, 0) is 19.6 Å². The van der Waals surface area contributed by atoms with Gasteiger partial charge in [0.2, 0.25) is 4.77 Å². The zero-order valence-electron chi connectivity index (χ0n) is 15.5. The number of nitrogens with zero attached hydrogens (tertiary/aromatic N) is 2. The van der Waals surface area contributed by atoms with Crippen LogP contribution < -0.4 is 14.9 Å². The molecule has 0 atom stereocenters. The fraction of sp³-hybridized carbons (Fsp3) is 0.263. The van der Waals surface area contributed by atoms with Gasteiger partial charge < -0.3 is 14.9 Å². The zero-order valence-corrected chi connectivity index (χ0v) is 17.8. The Balaban J connectivity index is 1.80. The summed E-state index contributed by atoms with van der Waals surface area (Å²) in [6.45, 7) is 2.82. The second kappa shape index (κ2) is 9.32. The molecule has 6 nitrogen and oxygen atoms in total. The second-order valence-electron chi connectivity index (χ2n) is 5.95. The summed E-state index contributed by atoms with van der Waals surface area (Å²) in [5.41, 5.74) is 5.11. The molecule has 0 bridgehead atoms. The Bertz CT molecular complexity index is 1020. The van der Waals surface area contributed by atoms with Gasteiger partial charge in [0.05, 0.1) is 23.7 Å². The predicted molar refractivity (Wildman–Crippen MR) is 114 cm³/mol. The van der Waals surface area contributed by atoms with Crippen LogP contribution in [0.1, 0.15) is 23.9 Å². The SMILES string of the molecule is CCc1n[nH]c(=S)n1NCc1cccc(OC)c1OCc1ccc(Cl)c(Cl)c1. The van der Waals surface area contributed by atoms with Crippen LogP contribution in [0.4, 0.5) is 0 Å². The Kier molecular flexibility index (Phi) is 6.83. The molecular formula is C19H20Cl2N4O2S. The molecule has 2 aromatic carbocycles. The zero-order chi connectivity index (χ0) is 20.1. The average Bonchev–Trinajstić information content (AvgIpc) is 3.06.